The van der Waals surface area contributed by atoms with Gasteiger partial charge in [-0.25, -0.2) is 0 Å². The Morgan fingerprint density at radius 3 is 1.74 bits per heavy atom. The molecule has 0 heterocycles. The van der Waals surface area contributed by atoms with Crippen LogP contribution in [0.5, 0.6) is 0 Å². The predicted octanol–water partition coefficient (Wildman–Crippen LogP) is 5.07. The van der Waals surface area contributed by atoms with Gasteiger partial charge in [-0.15, -0.1) is 30.7 Å². The smallest absolute Gasteiger partial charge is 0.0436 e. The molecule has 0 aliphatic carbocycles. The van der Waals surface area contributed by atoms with Gasteiger partial charge in [0.1, 0.15) is 0 Å². The fourth-order valence-electron chi connectivity index (χ4n) is 1.53. The largest absolute Gasteiger partial charge is 0.678 e. The molecule has 0 aromatic heterocycles. The fraction of sp³-hybridized carbons (Fsp3) is 1.00. The van der Waals surface area contributed by atoms with Gasteiger partial charge in [-0.05, 0) is 6.92 Å². The standard InChI is InChI=1S/C10H22N2O.C7H16N2.Co/c1-5-13-7-6-12-10(3)8-9(2)11-4;1-6(2)8-5-9-7(3)4;/h9-10H,5-8H2,1-4H3;6-7H,5H2,1-4H3;/q2*-2;. The Labute approximate surface area is 155 Å². The first-order valence-electron chi connectivity index (χ1n) is 8.49. The summed E-state index contributed by atoms with van der Waals surface area (Å²) in [6.07, 6.45) is 1.04. The van der Waals surface area contributed by atoms with E-state index in [1.165, 1.54) is 0 Å². The summed E-state index contributed by atoms with van der Waals surface area (Å²) in [6.45, 7) is 17.5. The minimum absolute atomic E-state index is 0. The molecule has 0 saturated heterocycles. The van der Waals surface area contributed by atoms with Crippen molar-refractivity contribution in [2.75, 3.05) is 33.5 Å². The monoisotopic (exact) mass is 373 g/mol. The summed E-state index contributed by atoms with van der Waals surface area (Å²) in [5.41, 5.74) is 0. The van der Waals surface area contributed by atoms with E-state index in [0.29, 0.717) is 30.8 Å². The molecule has 0 bridgehead atoms. The third-order valence-electron chi connectivity index (χ3n) is 2.90. The third-order valence-corrected chi connectivity index (χ3v) is 2.90. The Morgan fingerprint density at radius 2 is 1.35 bits per heavy atom. The van der Waals surface area contributed by atoms with E-state index in [0.717, 1.165) is 26.2 Å². The zero-order valence-corrected chi connectivity index (χ0v) is 17.4. The van der Waals surface area contributed by atoms with Crippen LogP contribution in [0, 0.1) is 0 Å². The molecule has 145 valence electrons. The number of hydrogen-bond donors (Lipinski definition) is 0. The Balaban J connectivity index is -0.000000354. The first-order chi connectivity index (χ1) is 10.3. The van der Waals surface area contributed by atoms with Gasteiger partial charge in [-0.3, -0.25) is 6.67 Å². The van der Waals surface area contributed by atoms with E-state index in [4.69, 9.17) is 4.74 Å². The summed E-state index contributed by atoms with van der Waals surface area (Å²) in [4.78, 5) is 0. The van der Waals surface area contributed by atoms with Crippen LogP contribution in [0.3, 0.4) is 0 Å². The molecule has 0 aromatic rings. The van der Waals surface area contributed by atoms with E-state index >= 15 is 0 Å². The molecule has 0 fully saturated rings. The maximum absolute atomic E-state index is 5.20. The van der Waals surface area contributed by atoms with Crippen LogP contribution in [-0.2, 0) is 21.5 Å². The van der Waals surface area contributed by atoms with Crippen LogP contribution in [0.15, 0.2) is 0 Å². The summed E-state index contributed by atoms with van der Waals surface area (Å²) in [5.74, 6) is 0. The number of rotatable bonds is 12. The molecule has 6 heteroatoms. The predicted molar refractivity (Wildman–Crippen MR) is 99.4 cm³/mol. The first kappa shape index (κ1) is 28.1. The molecule has 0 aromatic carbocycles. The van der Waals surface area contributed by atoms with E-state index in [9.17, 15) is 0 Å². The second kappa shape index (κ2) is 20.4. The van der Waals surface area contributed by atoms with Crippen molar-refractivity contribution in [1.29, 1.82) is 0 Å². The minimum atomic E-state index is 0. The first-order valence-corrected chi connectivity index (χ1v) is 8.49. The van der Waals surface area contributed by atoms with Gasteiger partial charge < -0.3 is 26.0 Å². The molecule has 0 saturated carbocycles. The average molecular weight is 373 g/mol. The van der Waals surface area contributed by atoms with Crippen LogP contribution in [-0.4, -0.2) is 57.6 Å². The summed E-state index contributed by atoms with van der Waals surface area (Å²) >= 11 is 0. The van der Waals surface area contributed by atoms with Gasteiger partial charge in [-0.2, -0.15) is 7.05 Å². The van der Waals surface area contributed by atoms with Crippen molar-refractivity contribution in [3.05, 3.63) is 21.3 Å². The number of ether oxygens (including phenoxy) is 1. The van der Waals surface area contributed by atoms with Crippen molar-refractivity contribution in [2.24, 2.45) is 0 Å². The zero-order valence-electron chi connectivity index (χ0n) is 16.4. The molecule has 0 rings (SSSR count). The molecule has 5 nitrogen and oxygen atoms in total. The van der Waals surface area contributed by atoms with Crippen LogP contribution in [0.25, 0.3) is 21.3 Å². The summed E-state index contributed by atoms with van der Waals surface area (Å²) < 4.78 is 5.20. The fourth-order valence-corrected chi connectivity index (χ4v) is 1.53. The van der Waals surface area contributed by atoms with Gasteiger partial charge >= 0.3 is 0 Å². The molecule has 23 heavy (non-hydrogen) atoms. The van der Waals surface area contributed by atoms with Crippen LogP contribution in [0.1, 0.15) is 54.9 Å². The van der Waals surface area contributed by atoms with Crippen LogP contribution >= 0.6 is 0 Å². The van der Waals surface area contributed by atoms with E-state index in [2.05, 4.69) is 62.8 Å². The molecule has 2 atom stereocenters. The number of hydrogen-bond acceptors (Lipinski definition) is 1. The molecule has 0 spiro atoms. The van der Waals surface area contributed by atoms with Gasteiger partial charge in [0.05, 0.1) is 0 Å². The molecule has 2 unspecified atom stereocenters. The van der Waals surface area contributed by atoms with Crippen molar-refractivity contribution < 1.29 is 21.5 Å². The van der Waals surface area contributed by atoms with E-state index < -0.39 is 0 Å². The van der Waals surface area contributed by atoms with Crippen LogP contribution in [0.4, 0.5) is 0 Å². The normalized spacial score (nSPS) is 13.3. The maximum Gasteiger partial charge on any atom is 0.0436 e. The number of nitrogens with zero attached hydrogens (tertiary/aromatic N) is 4. The van der Waals surface area contributed by atoms with Crippen molar-refractivity contribution in [3.8, 4) is 0 Å². The Morgan fingerprint density at radius 1 is 0.826 bits per heavy atom. The molecule has 0 aliphatic heterocycles. The van der Waals surface area contributed by atoms with Gasteiger partial charge in [0.2, 0.25) is 0 Å². The second-order valence-electron chi connectivity index (χ2n) is 5.99. The zero-order chi connectivity index (χ0) is 17.4. The van der Waals surface area contributed by atoms with Crippen molar-refractivity contribution in [1.82, 2.24) is 0 Å². The SMILES string of the molecule is CC(C)[N-]C[N-]C(C)C.CCOCC[N-]C(C)CC(C)[N-]C.[Co]. The van der Waals surface area contributed by atoms with E-state index in [-0.39, 0.29) is 16.8 Å². The van der Waals surface area contributed by atoms with Crippen LogP contribution < -0.4 is 0 Å². The van der Waals surface area contributed by atoms with E-state index in [1.54, 1.807) is 0 Å². The Bertz CT molecular complexity index is 211. The Hall–Kier alpha value is 0.306. The molecule has 0 amide bonds. The van der Waals surface area contributed by atoms with Crippen LogP contribution in [0.2, 0.25) is 0 Å². The van der Waals surface area contributed by atoms with Gasteiger partial charge in [-0.1, -0.05) is 48.0 Å². The Kier molecular flexibility index (Phi) is 24.9. The third kappa shape index (κ3) is 27.4. The molecule has 0 aliphatic rings. The maximum atomic E-state index is 5.20. The van der Waals surface area contributed by atoms with Gasteiger partial charge in [0.25, 0.3) is 0 Å². The molecular formula is C17H38CoN4O-4. The molecular weight excluding hydrogens is 335 g/mol. The summed E-state index contributed by atoms with van der Waals surface area (Å²) in [7, 11) is 1.86. The second-order valence-corrected chi connectivity index (χ2v) is 5.99. The quantitative estimate of drug-likeness (QED) is 0.440. The van der Waals surface area contributed by atoms with Crippen molar-refractivity contribution in [2.45, 2.75) is 79.1 Å². The van der Waals surface area contributed by atoms with Crippen molar-refractivity contribution >= 4 is 0 Å². The van der Waals surface area contributed by atoms with Crippen molar-refractivity contribution in [3.63, 3.8) is 0 Å². The molecule has 0 N–H and O–H groups in total. The summed E-state index contributed by atoms with van der Waals surface area (Å²) in [5, 5.41) is 17.0. The van der Waals surface area contributed by atoms with E-state index in [1.807, 2.05) is 14.0 Å². The topological polar surface area (TPSA) is 65.6 Å². The molecule has 1 radical (unpaired) electrons. The van der Waals surface area contributed by atoms with Gasteiger partial charge in [0, 0.05) is 30.0 Å². The minimum Gasteiger partial charge on any atom is -0.678 e. The van der Waals surface area contributed by atoms with Gasteiger partial charge in [0.15, 0.2) is 0 Å². The average Bonchev–Trinajstić information content (AvgIpc) is 2.43. The summed E-state index contributed by atoms with van der Waals surface area (Å²) in [6, 6.07) is 1.67.